The van der Waals surface area contributed by atoms with Gasteiger partial charge in [0.15, 0.2) is 0 Å². The van der Waals surface area contributed by atoms with Crippen molar-refractivity contribution >= 4 is 5.97 Å². The van der Waals surface area contributed by atoms with Crippen LogP contribution in [0.25, 0.3) is 0 Å². The van der Waals surface area contributed by atoms with Crippen LogP contribution in [0.5, 0.6) is 0 Å². The first-order chi connectivity index (χ1) is 8.83. The molecule has 0 bridgehead atoms. The smallest absolute Gasteiger partial charge is 0.321 e. The second kappa shape index (κ2) is 4.96. The third kappa shape index (κ3) is 2.66. The summed E-state index contributed by atoms with van der Waals surface area (Å²) in [6, 6.07) is -0.449. The molecule has 0 amide bonds. The highest BCUT2D eigenvalue weighted by Crippen LogP contribution is 2.36. The summed E-state index contributed by atoms with van der Waals surface area (Å²) in [5, 5.41) is 13.5. The Hall–Kier alpha value is -1.36. The summed E-state index contributed by atoms with van der Waals surface area (Å²) < 4.78 is 5.16. The van der Waals surface area contributed by atoms with Crippen LogP contribution in [0, 0.1) is 19.3 Å². The SMILES string of the molecule is Cc1noc(C)c1CN1CCCC(C)(C)C1C(=O)O. The van der Waals surface area contributed by atoms with Crippen molar-refractivity contribution in [3.05, 3.63) is 17.0 Å². The van der Waals surface area contributed by atoms with Gasteiger partial charge in [0.1, 0.15) is 11.8 Å². The second-order valence-corrected chi connectivity index (χ2v) is 6.11. The fourth-order valence-electron chi connectivity index (χ4n) is 3.09. The summed E-state index contributed by atoms with van der Waals surface area (Å²) in [5.74, 6) is 0.0430. The summed E-state index contributed by atoms with van der Waals surface area (Å²) in [4.78, 5) is 13.6. The zero-order chi connectivity index (χ0) is 14.2. The molecule has 1 aliphatic rings. The van der Waals surface area contributed by atoms with Crippen LogP contribution in [0.15, 0.2) is 4.52 Å². The van der Waals surface area contributed by atoms with E-state index in [0.29, 0.717) is 6.54 Å². The van der Waals surface area contributed by atoms with Crippen molar-refractivity contribution in [1.82, 2.24) is 10.1 Å². The molecular weight excluding hydrogens is 244 g/mol. The second-order valence-electron chi connectivity index (χ2n) is 6.11. The first kappa shape index (κ1) is 14.1. The number of carbonyl (C=O) groups is 1. The molecular formula is C14H22N2O3. The van der Waals surface area contributed by atoms with E-state index in [1.54, 1.807) is 0 Å². The molecule has 5 heteroatoms. The lowest BCUT2D eigenvalue weighted by molar-refractivity contribution is -0.151. The van der Waals surface area contributed by atoms with Crippen molar-refractivity contribution < 1.29 is 14.4 Å². The number of piperidine rings is 1. The van der Waals surface area contributed by atoms with Crippen molar-refractivity contribution in [2.45, 2.75) is 53.1 Å². The van der Waals surface area contributed by atoms with E-state index in [0.717, 1.165) is 36.4 Å². The van der Waals surface area contributed by atoms with Gasteiger partial charge in [-0.3, -0.25) is 9.69 Å². The molecule has 1 aromatic heterocycles. The highest BCUT2D eigenvalue weighted by Gasteiger charge is 2.42. The third-order valence-corrected chi connectivity index (χ3v) is 4.15. The number of rotatable bonds is 3. The molecule has 19 heavy (non-hydrogen) atoms. The maximum atomic E-state index is 11.6. The lowest BCUT2D eigenvalue weighted by Crippen LogP contribution is -2.53. The van der Waals surface area contributed by atoms with Gasteiger partial charge < -0.3 is 9.63 Å². The number of aromatic nitrogens is 1. The Bertz CT molecular complexity index is 460. The first-order valence-electron chi connectivity index (χ1n) is 6.71. The van der Waals surface area contributed by atoms with Gasteiger partial charge in [-0.05, 0) is 38.6 Å². The minimum Gasteiger partial charge on any atom is -0.480 e. The molecule has 1 aliphatic heterocycles. The van der Waals surface area contributed by atoms with E-state index < -0.39 is 12.0 Å². The van der Waals surface area contributed by atoms with E-state index in [4.69, 9.17) is 4.52 Å². The molecule has 2 rings (SSSR count). The number of likely N-dealkylation sites (tertiary alicyclic amines) is 1. The van der Waals surface area contributed by atoms with Crippen LogP contribution in [0.2, 0.25) is 0 Å². The van der Waals surface area contributed by atoms with Crippen molar-refractivity contribution in [3.8, 4) is 0 Å². The van der Waals surface area contributed by atoms with Gasteiger partial charge in [-0.1, -0.05) is 19.0 Å². The summed E-state index contributed by atoms with van der Waals surface area (Å²) in [5.41, 5.74) is 1.66. The maximum Gasteiger partial charge on any atom is 0.321 e. The highest BCUT2D eigenvalue weighted by atomic mass is 16.5. The minimum absolute atomic E-state index is 0.205. The molecule has 1 N–H and O–H groups in total. The molecule has 0 aromatic carbocycles. The molecule has 1 atom stereocenters. The summed E-state index contributed by atoms with van der Waals surface area (Å²) >= 11 is 0. The normalized spacial score (nSPS) is 23.5. The molecule has 0 radical (unpaired) electrons. The number of hydrogen-bond acceptors (Lipinski definition) is 4. The molecule has 1 aromatic rings. The Morgan fingerprint density at radius 3 is 2.74 bits per heavy atom. The van der Waals surface area contributed by atoms with Crippen LogP contribution < -0.4 is 0 Å². The average Bonchev–Trinajstić information content (AvgIpc) is 2.59. The number of aliphatic carboxylic acids is 1. The Morgan fingerprint density at radius 2 is 2.21 bits per heavy atom. The van der Waals surface area contributed by atoms with Crippen molar-refractivity contribution in [1.29, 1.82) is 0 Å². The molecule has 0 saturated carbocycles. The van der Waals surface area contributed by atoms with E-state index >= 15 is 0 Å². The topological polar surface area (TPSA) is 66.6 Å². The zero-order valence-corrected chi connectivity index (χ0v) is 12.1. The van der Waals surface area contributed by atoms with Gasteiger partial charge in [-0.25, -0.2) is 0 Å². The molecule has 1 fully saturated rings. The Kier molecular flexibility index (Phi) is 3.67. The van der Waals surface area contributed by atoms with Gasteiger partial charge >= 0.3 is 5.97 Å². The minimum atomic E-state index is -0.739. The first-order valence-corrected chi connectivity index (χ1v) is 6.71. The number of aryl methyl sites for hydroxylation is 2. The Labute approximate surface area is 113 Å². The van der Waals surface area contributed by atoms with Gasteiger partial charge in [0.25, 0.3) is 0 Å². The standard InChI is InChI=1S/C14H22N2O3/c1-9-11(10(2)19-15-9)8-16-7-5-6-14(3,4)12(16)13(17)18/h12H,5-8H2,1-4H3,(H,17,18). The predicted octanol–water partition coefficient (Wildman–Crippen LogP) is 2.37. The van der Waals surface area contributed by atoms with Gasteiger partial charge in [0.05, 0.1) is 5.69 Å². The molecule has 1 saturated heterocycles. The largest absolute Gasteiger partial charge is 0.480 e. The Balaban J connectivity index is 2.25. The van der Waals surface area contributed by atoms with Crippen LogP contribution >= 0.6 is 0 Å². The van der Waals surface area contributed by atoms with Crippen LogP contribution in [0.1, 0.15) is 43.7 Å². The lowest BCUT2D eigenvalue weighted by atomic mass is 9.76. The molecule has 0 spiro atoms. The van der Waals surface area contributed by atoms with Gasteiger partial charge in [0, 0.05) is 12.1 Å². The quantitative estimate of drug-likeness (QED) is 0.909. The summed E-state index contributed by atoms with van der Waals surface area (Å²) in [6.07, 6.45) is 1.97. The van der Waals surface area contributed by atoms with E-state index in [9.17, 15) is 9.90 Å². The fraction of sp³-hybridized carbons (Fsp3) is 0.714. The van der Waals surface area contributed by atoms with Crippen LogP contribution in [-0.4, -0.2) is 33.7 Å². The molecule has 2 heterocycles. The van der Waals surface area contributed by atoms with Crippen molar-refractivity contribution in [3.63, 3.8) is 0 Å². The third-order valence-electron chi connectivity index (χ3n) is 4.15. The zero-order valence-electron chi connectivity index (χ0n) is 12.1. The number of carboxylic acids is 1. The van der Waals surface area contributed by atoms with Crippen LogP contribution in [0.4, 0.5) is 0 Å². The Morgan fingerprint density at radius 1 is 1.53 bits per heavy atom. The average molecular weight is 266 g/mol. The number of hydrogen-bond donors (Lipinski definition) is 1. The van der Waals surface area contributed by atoms with Crippen LogP contribution in [0.3, 0.4) is 0 Å². The lowest BCUT2D eigenvalue weighted by Gasteiger charge is -2.44. The van der Waals surface area contributed by atoms with Gasteiger partial charge in [0.2, 0.25) is 0 Å². The number of carboxylic acid groups (broad SMARTS) is 1. The van der Waals surface area contributed by atoms with Gasteiger partial charge in [-0.2, -0.15) is 0 Å². The van der Waals surface area contributed by atoms with Crippen molar-refractivity contribution in [2.75, 3.05) is 6.54 Å². The van der Waals surface area contributed by atoms with E-state index in [1.165, 1.54) is 0 Å². The predicted molar refractivity (Wildman–Crippen MR) is 70.8 cm³/mol. The summed E-state index contributed by atoms with van der Waals surface area (Å²) in [7, 11) is 0. The van der Waals surface area contributed by atoms with E-state index in [2.05, 4.69) is 5.16 Å². The van der Waals surface area contributed by atoms with Crippen molar-refractivity contribution in [2.24, 2.45) is 5.41 Å². The monoisotopic (exact) mass is 266 g/mol. The van der Waals surface area contributed by atoms with E-state index in [-0.39, 0.29) is 5.41 Å². The highest BCUT2D eigenvalue weighted by molar-refractivity contribution is 5.74. The molecule has 1 unspecified atom stereocenters. The van der Waals surface area contributed by atoms with Crippen LogP contribution in [-0.2, 0) is 11.3 Å². The molecule has 0 aliphatic carbocycles. The summed E-state index contributed by atoms with van der Waals surface area (Å²) in [6.45, 7) is 9.25. The van der Waals surface area contributed by atoms with Gasteiger partial charge in [-0.15, -0.1) is 0 Å². The molecule has 106 valence electrons. The number of nitrogens with zero attached hydrogens (tertiary/aromatic N) is 2. The maximum absolute atomic E-state index is 11.6. The van der Waals surface area contributed by atoms with E-state index in [1.807, 2.05) is 32.6 Å². The molecule has 5 nitrogen and oxygen atoms in total. The fourth-order valence-corrected chi connectivity index (χ4v) is 3.09.